The zero-order valence-corrected chi connectivity index (χ0v) is 16.0. The molecule has 1 atom stereocenters. The quantitative estimate of drug-likeness (QED) is 0.465. The van der Waals surface area contributed by atoms with E-state index in [0.29, 0.717) is 21.7 Å². The van der Waals surface area contributed by atoms with Crippen LogP contribution in [0.3, 0.4) is 0 Å². The van der Waals surface area contributed by atoms with Crippen LogP contribution in [0.4, 0.5) is 0 Å². The van der Waals surface area contributed by atoms with Gasteiger partial charge in [0.05, 0.1) is 11.8 Å². The average molecular weight is 348 g/mol. The van der Waals surface area contributed by atoms with Crippen molar-refractivity contribution in [1.82, 2.24) is 4.98 Å². The van der Waals surface area contributed by atoms with Crippen molar-refractivity contribution in [1.29, 1.82) is 5.26 Å². The van der Waals surface area contributed by atoms with Crippen LogP contribution in [0.15, 0.2) is 11.0 Å². The Hall–Kier alpha value is -1.25. The molecule has 0 aliphatic heterocycles. The highest BCUT2D eigenvalue weighted by Crippen LogP contribution is 2.43. The Bertz CT molecular complexity index is 723. The van der Waals surface area contributed by atoms with Crippen LogP contribution in [0.5, 0.6) is 0 Å². The van der Waals surface area contributed by atoms with Gasteiger partial charge in [-0.2, -0.15) is 5.26 Å². The Morgan fingerprint density at radius 2 is 2.26 bits per heavy atom. The first-order valence-corrected chi connectivity index (χ1v) is 9.66. The van der Waals surface area contributed by atoms with Crippen molar-refractivity contribution in [3.05, 3.63) is 27.5 Å². The third-order valence-electron chi connectivity index (χ3n) is 5.28. The lowest BCUT2D eigenvalue weighted by atomic mass is 9.69. The zero-order valence-electron chi connectivity index (χ0n) is 14.3. The summed E-state index contributed by atoms with van der Waals surface area (Å²) >= 11 is 7.19. The molecule has 1 aromatic heterocycles. The van der Waals surface area contributed by atoms with E-state index in [1.807, 2.05) is 6.07 Å². The van der Waals surface area contributed by atoms with Gasteiger partial charge in [-0.05, 0) is 42.4 Å². The van der Waals surface area contributed by atoms with E-state index in [1.165, 1.54) is 30.2 Å². The first-order valence-electron chi connectivity index (χ1n) is 8.03. The minimum Gasteiger partial charge on any atom is -0.398 e. The molecule has 124 valence electrons. The molecule has 0 saturated carbocycles. The molecular weight excluding hydrogens is 322 g/mol. The van der Waals surface area contributed by atoms with E-state index in [-0.39, 0.29) is 0 Å². The molecular formula is C18H25N3S2. The van der Waals surface area contributed by atoms with Crippen molar-refractivity contribution in [3.8, 4) is 6.07 Å². The topological polar surface area (TPSA) is 65.6 Å². The number of thioether (sulfide) groups is 1. The number of hydrogen-bond donors (Lipinski definition) is 2. The summed E-state index contributed by atoms with van der Waals surface area (Å²) in [6.45, 7) is 6.98. The van der Waals surface area contributed by atoms with Gasteiger partial charge in [0.15, 0.2) is 0 Å². The summed E-state index contributed by atoms with van der Waals surface area (Å²) in [5.74, 6) is 0.657. The van der Waals surface area contributed by atoms with Crippen molar-refractivity contribution >= 4 is 29.7 Å². The predicted molar refractivity (Wildman–Crippen MR) is 101 cm³/mol. The third kappa shape index (κ3) is 3.49. The summed E-state index contributed by atoms with van der Waals surface area (Å²) in [5, 5.41) is 8.91. The third-order valence-corrected chi connectivity index (χ3v) is 6.44. The zero-order chi connectivity index (χ0) is 17.2. The number of aryl methyl sites for hydroxylation is 1. The van der Waals surface area contributed by atoms with Gasteiger partial charge in [-0.15, -0.1) is 11.8 Å². The summed E-state index contributed by atoms with van der Waals surface area (Å²) in [6, 6.07) is 2.01. The highest BCUT2D eigenvalue weighted by atomic mass is 32.2. The number of nitrogens with one attached hydrogen (secondary N) is 1. The SMILES string of the molecule is CCC(C)(C)C1CCc2[nH]c(=S)c(/C(N)=C/C#N)c(SC)c2C1. The van der Waals surface area contributed by atoms with E-state index in [1.54, 1.807) is 11.8 Å². The van der Waals surface area contributed by atoms with E-state index in [9.17, 15) is 0 Å². The number of H-pyrrole nitrogens is 1. The van der Waals surface area contributed by atoms with Gasteiger partial charge in [-0.25, -0.2) is 0 Å². The molecule has 0 aromatic carbocycles. The van der Waals surface area contributed by atoms with Gasteiger partial charge in [0.1, 0.15) is 4.64 Å². The molecule has 2 rings (SSSR count). The molecule has 1 aliphatic rings. The number of fused-ring (bicyclic) bond motifs is 1. The van der Waals surface area contributed by atoms with Gasteiger partial charge >= 0.3 is 0 Å². The average Bonchev–Trinajstić information content (AvgIpc) is 2.53. The molecule has 0 radical (unpaired) electrons. The van der Waals surface area contributed by atoms with Crippen molar-refractivity contribution in [2.75, 3.05) is 6.26 Å². The molecule has 3 N–H and O–H groups in total. The van der Waals surface area contributed by atoms with Gasteiger partial charge in [-0.1, -0.05) is 39.4 Å². The summed E-state index contributed by atoms with van der Waals surface area (Å²) in [6.07, 6.45) is 7.88. The molecule has 1 heterocycles. The minimum atomic E-state index is 0.328. The van der Waals surface area contributed by atoms with E-state index in [4.69, 9.17) is 23.2 Å². The Morgan fingerprint density at radius 3 is 2.83 bits per heavy atom. The van der Waals surface area contributed by atoms with Crippen molar-refractivity contribution in [2.45, 2.75) is 51.3 Å². The number of pyridine rings is 1. The van der Waals surface area contributed by atoms with E-state index >= 15 is 0 Å². The monoisotopic (exact) mass is 347 g/mol. The Balaban J connectivity index is 2.59. The van der Waals surface area contributed by atoms with Crippen LogP contribution in [-0.2, 0) is 12.8 Å². The van der Waals surface area contributed by atoms with Crippen LogP contribution >= 0.6 is 24.0 Å². The smallest absolute Gasteiger partial charge is 0.114 e. The lowest BCUT2D eigenvalue weighted by Crippen LogP contribution is -2.30. The first-order chi connectivity index (χ1) is 10.9. The molecule has 0 fully saturated rings. The summed E-state index contributed by atoms with van der Waals surface area (Å²) < 4.78 is 0.644. The van der Waals surface area contributed by atoms with Crippen LogP contribution in [0.2, 0.25) is 0 Å². The van der Waals surface area contributed by atoms with Crippen molar-refractivity contribution in [3.63, 3.8) is 0 Å². The second kappa shape index (κ2) is 7.11. The van der Waals surface area contributed by atoms with Crippen LogP contribution in [0, 0.1) is 27.3 Å². The first kappa shape index (κ1) is 18.1. The molecule has 3 nitrogen and oxygen atoms in total. The molecule has 0 bridgehead atoms. The number of nitrogens with two attached hydrogens (primary N) is 1. The van der Waals surface area contributed by atoms with Crippen molar-refractivity contribution in [2.24, 2.45) is 17.1 Å². The Labute approximate surface area is 148 Å². The maximum atomic E-state index is 8.91. The number of aromatic nitrogens is 1. The molecule has 23 heavy (non-hydrogen) atoms. The van der Waals surface area contributed by atoms with Crippen LogP contribution in [-0.4, -0.2) is 11.2 Å². The van der Waals surface area contributed by atoms with Gasteiger partial charge < -0.3 is 10.7 Å². The highest BCUT2D eigenvalue weighted by Gasteiger charge is 2.33. The summed E-state index contributed by atoms with van der Waals surface area (Å²) in [5.41, 5.74) is 10.3. The maximum Gasteiger partial charge on any atom is 0.114 e. The molecule has 1 unspecified atom stereocenters. The van der Waals surface area contributed by atoms with Crippen LogP contribution in [0.1, 0.15) is 50.4 Å². The normalized spacial score (nSPS) is 18.4. The van der Waals surface area contributed by atoms with Gasteiger partial charge in [-0.3, -0.25) is 0 Å². The highest BCUT2D eigenvalue weighted by molar-refractivity contribution is 7.98. The fourth-order valence-electron chi connectivity index (χ4n) is 3.35. The number of allylic oxidation sites excluding steroid dienone is 1. The molecule has 1 aromatic rings. The fourth-order valence-corrected chi connectivity index (χ4v) is 4.63. The molecule has 0 amide bonds. The van der Waals surface area contributed by atoms with Gasteiger partial charge in [0.2, 0.25) is 0 Å². The number of aromatic amines is 1. The van der Waals surface area contributed by atoms with Gasteiger partial charge in [0, 0.05) is 22.2 Å². The maximum absolute atomic E-state index is 8.91. The van der Waals surface area contributed by atoms with Crippen LogP contribution in [0.25, 0.3) is 5.70 Å². The number of nitriles is 1. The van der Waals surface area contributed by atoms with E-state index in [0.717, 1.165) is 23.3 Å². The summed E-state index contributed by atoms with van der Waals surface area (Å²) in [4.78, 5) is 4.51. The number of rotatable bonds is 4. The van der Waals surface area contributed by atoms with E-state index in [2.05, 4.69) is 32.0 Å². The van der Waals surface area contributed by atoms with Gasteiger partial charge in [0.25, 0.3) is 0 Å². The molecule has 0 spiro atoms. The predicted octanol–water partition coefficient (Wildman–Crippen LogP) is 4.83. The van der Waals surface area contributed by atoms with Crippen LogP contribution < -0.4 is 5.73 Å². The fraction of sp³-hybridized carbons (Fsp3) is 0.556. The molecule has 1 aliphatic carbocycles. The lowest BCUT2D eigenvalue weighted by Gasteiger charge is -2.38. The lowest BCUT2D eigenvalue weighted by molar-refractivity contribution is 0.181. The van der Waals surface area contributed by atoms with E-state index < -0.39 is 0 Å². The largest absolute Gasteiger partial charge is 0.398 e. The number of hydrogen-bond acceptors (Lipinski definition) is 4. The van der Waals surface area contributed by atoms with Crippen molar-refractivity contribution < 1.29 is 0 Å². The molecule has 5 heteroatoms. The second-order valence-corrected chi connectivity index (χ2v) is 8.05. The summed E-state index contributed by atoms with van der Waals surface area (Å²) in [7, 11) is 0. The molecule has 0 saturated heterocycles. The number of nitrogens with zero attached hydrogens (tertiary/aromatic N) is 1. The minimum absolute atomic E-state index is 0.328. The second-order valence-electron chi connectivity index (χ2n) is 6.83. The standard InChI is InChI=1S/C18H25N3S2/c1-5-18(2,3)11-6-7-14-12(10-11)16(23-4)15(17(22)21-14)13(20)8-9-19/h8,11H,5-7,10,20H2,1-4H3,(H,21,22)/b13-8-. The Kier molecular flexibility index (Phi) is 5.59. The Morgan fingerprint density at radius 1 is 1.57 bits per heavy atom.